The van der Waals surface area contributed by atoms with Crippen molar-refractivity contribution in [2.24, 2.45) is 0 Å². The molecule has 0 radical (unpaired) electrons. The zero-order valence-electron chi connectivity index (χ0n) is 15.4. The molecule has 0 saturated carbocycles. The Morgan fingerprint density at radius 1 is 1.15 bits per heavy atom. The molecule has 4 rings (SSSR count). The van der Waals surface area contributed by atoms with E-state index in [0.717, 1.165) is 60.5 Å². The van der Waals surface area contributed by atoms with E-state index in [1.165, 1.54) is 0 Å². The van der Waals surface area contributed by atoms with Gasteiger partial charge in [-0.25, -0.2) is 15.0 Å². The lowest BCUT2D eigenvalue weighted by Gasteiger charge is -2.27. The summed E-state index contributed by atoms with van der Waals surface area (Å²) in [6.45, 7) is 9.38. The van der Waals surface area contributed by atoms with Crippen molar-refractivity contribution in [2.45, 2.75) is 26.8 Å². The maximum Gasteiger partial charge on any atom is 0.181 e. The molecular formula is C19H24N6O. The molecule has 3 aromatic rings. The molecule has 0 spiro atoms. The predicted octanol–water partition coefficient (Wildman–Crippen LogP) is 2.76. The van der Waals surface area contributed by atoms with E-state index in [0.29, 0.717) is 6.04 Å². The second-order valence-electron chi connectivity index (χ2n) is 6.82. The van der Waals surface area contributed by atoms with Gasteiger partial charge in [0.2, 0.25) is 0 Å². The topological polar surface area (TPSA) is 67.6 Å². The summed E-state index contributed by atoms with van der Waals surface area (Å²) >= 11 is 0. The number of nitrogens with zero attached hydrogens (tertiary/aromatic N) is 5. The minimum Gasteiger partial charge on any atom is -0.378 e. The molecular weight excluding hydrogens is 328 g/mol. The van der Waals surface area contributed by atoms with Crippen molar-refractivity contribution in [1.29, 1.82) is 0 Å². The van der Waals surface area contributed by atoms with Crippen LogP contribution in [0.2, 0.25) is 0 Å². The molecule has 1 fully saturated rings. The fraction of sp³-hybridized carbons (Fsp3) is 0.421. The summed E-state index contributed by atoms with van der Waals surface area (Å²) in [7, 11) is 0. The fourth-order valence-corrected chi connectivity index (χ4v) is 3.38. The van der Waals surface area contributed by atoms with Gasteiger partial charge in [0.1, 0.15) is 5.82 Å². The second kappa shape index (κ2) is 6.92. The number of hydrogen-bond acceptors (Lipinski definition) is 6. The largest absolute Gasteiger partial charge is 0.378 e. The third kappa shape index (κ3) is 3.10. The van der Waals surface area contributed by atoms with Gasteiger partial charge in [-0.05, 0) is 32.9 Å². The zero-order valence-corrected chi connectivity index (χ0v) is 15.4. The molecule has 0 bridgehead atoms. The van der Waals surface area contributed by atoms with Crippen LogP contribution in [0.4, 0.5) is 11.6 Å². The standard InChI is InChI=1S/C19H24N6O/c1-13(2)22-16-12-15(4-5-20-16)17-14(3)23-19-18(21-6-7-25(17)19)24-8-10-26-11-9-24/h4-7,12-13H,8-11H2,1-3H3,(H,20,22). The maximum absolute atomic E-state index is 5.47. The van der Waals surface area contributed by atoms with Crippen LogP contribution in [0.5, 0.6) is 0 Å². The molecule has 1 aliphatic rings. The molecule has 136 valence electrons. The lowest BCUT2D eigenvalue weighted by Crippen LogP contribution is -2.37. The summed E-state index contributed by atoms with van der Waals surface area (Å²) in [5.41, 5.74) is 4.03. The fourth-order valence-electron chi connectivity index (χ4n) is 3.38. The van der Waals surface area contributed by atoms with Crippen LogP contribution in [-0.4, -0.2) is 51.7 Å². The molecule has 0 atom stereocenters. The lowest BCUT2D eigenvalue weighted by atomic mass is 10.1. The first-order valence-electron chi connectivity index (χ1n) is 9.03. The van der Waals surface area contributed by atoms with E-state index in [-0.39, 0.29) is 0 Å². The normalized spacial score (nSPS) is 15.0. The van der Waals surface area contributed by atoms with Gasteiger partial charge in [0.05, 0.1) is 24.6 Å². The van der Waals surface area contributed by atoms with Crippen molar-refractivity contribution in [3.05, 3.63) is 36.4 Å². The summed E-state index contributed by atoms with van der Waals surface area (Å²) in [6.07, 6.45) is 5.66. The molecule has 0 amide bonds. The van der Waals surface area contributed by atoms with Crippen molar-refractivity contribution >= 4 is 17.3 Å². The molecule has 0 aromatic carbocycles. The smallest absolute Gasteiger partial charge is 0.181 e. The Labute approximate surface area is 153 Å². The number of aryl methyl sites for hydroxylation is 1. The van der Waals surface area contributed by atoms with Gasteiger partial charge in [-0.3, -0.25) is 4.40 Å². The number of hydrogen-bond donors (Lipinski definition) is 1. The Kier molecular flexibility index (Phi) is 4.46. The maximum atomic E-state index is 5.47. The van der Waals surface area contributed by atoms with Crippen molar-refractivity contribution < 1.29 is 4.74 Å². The Balaban J connectivity index is 1.80. The van der Waals surface area contributed by atoms with Crippen molar-refractivity contribution in [2.75, 3.05) is 36.5 Å². The summed E-state index contributed by atoms with van der Waals surface area (Å²) in [5, 5.41) is 3.36. The summed E-state index contributed by atoms with van der Waals surface area (Å²) in [6, 6.07) is 4.43. The molecule has 7 nitrogen and oxygen atoms in total. The van der Waals surface area contributed by atoms with Crippen LogP contribution >= 0.6 is 0 Å². The van der Waals surface area contributed by atoms with Gasteiger partial charge in [-0.2, -0.15) is 0 Å². The number of ether oxygens (including phenoxy) is 1. The number of anilines is 2. The first kappa shape index (κ1) is 16.8. The van der Waals surface area contributed by atoms with E-state index >= 15 is 0 Å². The first-order chi connectivity index (χ1) is 12.6. The monoisotopic (exact) mass is 352 g/mol. The van der Waals surface area contributed by atoms with E-state index < -0.39 is 0 Å². The average molecular weight is 352 g/mol. The van der Waals surface area contributed by atoms with Gasteiger partial charge in [0.25, 0.3) is 0 Å². The molecule has 7 heteroatoms. The molecule has 1 N–H and O–H groups in total. The Morgan fingerprint density at radius 2 is 1.96 bits per heavy atom. The number of nitrogens with one attached hydrogen (secondary N) is 1. The SMILES string of the molecule is Cc1nc2c(N3CCOCC3)nccn2c1-c1ccnc(NC(C)C)c1. The van der Waals surface area contributed by atoms with E-state index in [4.69, 9.17) is 9.72 Å². The number of aromatic nitrogens is 4. The molecule has 1 saturated heterocycles. The Hall–Kier alpha value is -2.67. The summed E-state index contributed by atoms with van der Waals surface area (Å²) < 4.78 is 7.59. The number of rotatable bonds is 4. The van der Waals surface area contributed by atoms with Crippen molar-refractivity contribution in [3.8, 4) is 11.3 Å². The first-order valence-corrected chi connectivity index (χ1v) is 9.03. The van der Waals surface area contributed by atoms with E-state index in [1.54, 1.807) is 0 Å². The Bertz CT molecular complexity index is 914. The number of morpholine rings is 1. The van der Waals surface area contributed by atoms with Crippen molar-refractivity contribution in [1.82, 2.24) is 19.4 Å². The molecule has 0 unspecified atom stereocenters. The van der Waals surface area contributed by atoms with Crippen LogP contribution in [0.1, 0.15) is 19.5 Å². The van der Waals surface area contributed by atoms with Crippen LogP contribution in [0.15, 0.2) is 30.7 Å². The molecule has 4 heterocycles. The minimum atomic E-state index is 0.332. The predicted molar refractivity (Wildman–Crippen MR) is 103 cm³/mol. The molecule has 3 aromatic heterocycles. The number of imidazole rings is 1. The number of fused-ring (bicyclic) bond motifs is 1. The summed E-state index contributed by atoms with van der Waals surface area (Å²) in [4.78, 5) is 16.1. The van der Waals surface area contributed by atoms with Gasteiger partial charge in [-0.15, -0.1) is 0 Å². The molecule has 26 heavy (non-hydrogen) atoms. The Morgan fingerprint density at radius 3 is 2.73 bits per heavy atom. The number of pyridine rings is 1. The van der Waals surface area contributed by atoms with Gasteiger partial charge < -0.3 is 15.0 Å². The van der Waals surface area contributed by atoms with E-state index in [1.807, 2.05) is 31.6 Å². The third-order valence-corrected chi connectivity index (χ3v) is 4.48. The highest BCUT2D eigenvalue weighted by Gasteiger charge is 2.20. The molecule has 0 aliphatic carbocycles. The van der Waals surface area contributed by atoms with Crippen LogP contribution in [0, 0.1) is 6.92 Å². The average Bonchev–Trinajstić information content (AvgIpc) is 2.98. The highest BCUT2D eigenvalue weighted by Crippen LogP contribution is 2.29. The van der Waals surface area contributed by atoms with Crippen LogP contribution < -0.4 is 10.2 Å². The second-order valence-corrected chi connectivity index (χ2v) is 6.82. The van der Waals surface area contributed by atoms with Gasteiger partial charge in [0, 0.05) is 43.3 Å². The van der Waals surface area contributed by atoms with Gasteiger partial charge in [0.15, 0.2) is 11.5 Å². The minimum absolute atomic E-state index is 0.332. The molecule has 1 aliphatic heterocycles. The lowest BCUT2D eigenvalue weighted by molar-refractivity contribution is 0.122. The van der Waals surface area contributed by atoms with E-state index in [9.17, 15) is 0 Å². The van der Waals surface area contributed by atoms with E-state index in [2.05, 4.69) is 44.5 Å². The van der Waals surface area contributed by atoms with Crippen LogP contribution in [0.25, 0.3) is 16.9 Å². The zero-order chi connectivity index (χ0) is 18.1. The van der Waals surface area contributed by atoms with Gasteiger partial charge in [-0.1, -0.05) is 0 Å². The highest BCUT2D eigenvalue weighted by atomic mass is 16.5. The van der Waals surface area contributed by atoms with Crippen LogP contribution in [0.3, 0.4) is 0 Å². The van der Waals surface area contributed by atoms with Crippen LogP contribution in [-0.2, 0) is 4.74 Å². The van der Waals surface area contributed by atoms with Crippen molar-refractivity contribution in [3.63, 3.8) is 0 Å². The third-order valence-electron chi connectivity index (χ3n) is 4.48. The highest BCUT2D eigenvalue weighted by molar-refractivity contribution is 5.74. The van der Waals surface area contributed by atoms with Gasteiger partial charge >= 0.3 is 0 Å². The quantitative estimate of drug-likeness (QED) is 0.779. The summed E-state index contributed by atoms with van der Waals surface area (Å²) in [5.74, 6) is 1.79.